The molecule has 0 radical (unpaired) electrons. The van der Waals surface area contributed by atoms with Gasteiger partial charge < -0.3 is 20.3 Å². The van der Waals surface area contributed by atoms with E-state index in [0.717, 1.165) is 29.2 Å². The third kappa shape index (κ3) is 4.38. The summed E-state index contributed by atoms with van der Waals surface area (Å²) in [5.41, 5.74) is 2.99. The number of carbonyl (C=O) groups excluding carboxylic acids is 3. The zero-order valence-corrected chi connectivity index (χ0v) is 15.9. The Hall–Kier alpha value is -3.39. The summed E-state index contributed by atoms with van der Waals surface area (Å²) in [5.74, 6) is -0.476. The summed E-state index contributed by atoms with van der Waals surface area (Å²) in [6, 6.07) is 14.2. The van der Waals surface area contributed by atoms with Crippen LogP contribution < -0.4 is 15.5 Å². The molecule has 0 aromatic heterocycles. The number of urea groups is 1. The summed E-state index contributed by atoms with van der Waals surface area (Å²) < 4.78 is 5.36. The summed E-state index contributed by atoms with van der Waals surface area (Å²) in [7, 11) is 0. The van der Waals surface area contributed by atoms with Gasteiger partial charge in [-0.1, -0.05) is 12.1 Å². The van der Waals surface area contributed by atoms with Gasteiger partial charge in [-0.2, -0.15) is 0 Å². The second-order valence-corrected chi connectivity index (χ2v) is 6.94. The highest BCUT2D eigenvalue weighted by molar-refractivity contribution is 6.04. The normalized spacial score (nSPS) is 16.7. The topological polar surface area (TPSA) is 91.0 Å². The fraction of sp³-hybridized carbons (Fsp3) is 0.286. The Morgan fingerprint density at radius 3 is 2.52 bits per heavy atom. The van der Waals surface area contributed by atoms with E-state index in [4.69, 9.17) is 4.74 Å². The van der Waals surface area contributed by atoms with Crippen molar-refractivity contribution in [1.82, 2.24) is 10.2 Å². The number of hydrogen-bond acceptors (Lipinski definition) is 5. The molecule has 0 atom stereocenters. The number of nitrogens with zero attached hydrogens (tertiary/aromatic N) is 2. The molecular weight excluding hydrogens is 372 g/mol. The van der Waals surface area contributed by atoms with Crippen molar-refractivity contribution in [1.29, 1.82) is 0 Å². The molecule has 0 bridgehead atoms. The molecule has 4 rings (SSSR count). The van der Waals surface area contributed by atoms with Gasteiger partial charge in [0.25, 0.3) is 5.91 Å². The minimum Gasteiger partial charge on any atom is -0.378 e. The summed E-state index contributed by atoms with van der Waals surface area (Å²) in [6.45, 7) is 3.30. The predicted octanol–water partition coefficient (Wildman–Crippen LogP) is 1.83. The SMILES string of the molecule is O=C(Nc1cccc(CN2C(=O)CNC2=O)c1)c1ccc(N2CCOCC2)cc1. The molecule has 2 aliphatic rings. The number of carbonyl (C=O) groups is 3. The van der Waals surface area contributed by atoms with E-state index in [1.807, 2.05) is 18.2 Å². The molecule has 29 heavy (non-hydrogen) atoms. The van der Waals surface area contributed by atoms with Gasteiger partial charge in [0.15, 0.2) is 0 Å². The average Bonchev–Trinajstić information content (AvgIpc) is 3.07. The lowest BCUT2D eigenvalue weighted by Crippen LogP contribution is -2.36. The molecule has 2 fully saturated rings. The van der Waals surface area contributed by atoms with Crippen molar-refractivity contribution >= 4 is 29.2 Å². The maximum absolute atomic E-state index is 12.6. The summed E-state index contributed by atoms with van der Waals surface area (Å²) in [4.78, 5) is 39.4. The highest BCUT2D eigenvalue weighted by atomic mass is 16.5. The minimum absolute atomic E-state index is 0.0235. The first-order chi connectivity index (χ1) is 14.1. The molecule has 2 heterocycles. The van der Waals surface area contributed by atoms with Crippen LogP contribution in [-0.4, -0.2) is 55.6 Å². The number of imide groups is 1. The van der Waals surface area contributed by atoms with Gasteiger partial charge in [-0.3, -0.25) is 14.5 Å². The third-order valence-corrected chi connectivity index (χ3v) is 4.97. The number of benzene rings is 2. The lowest BCUT2D eigenvalue weighted by atomic mass is 10.1. The van der Waals surface area contributed by atoms with Gasteiger partial charge in [0.05, 0.1) is 26.3 Å². The molecule has 8 nitrogen and oxygen atoms in total. The molecule has 0 unspecified atom stereocenters. The lowest BCUT2D eigenvalue weighted by molar-refractivity contribution is -0.125. The Morgan fingerprint density at radius 2 is 1.83 bits per heavy atom. The number of nitrogens with one attached hydrogen (secondary N) is 2. The van der Waals surface area contributed by atoms with E-state index in [2.05, 4.69) is 15.5 Å². The van der Waals surface area contributed by atoms with E-state index in [0.29, 0.717) is 24.5 Å². The Kier molecular flexibility index (Phi) is 5.44. The van der Waals surface area contributed by atoms with Crippen molar-refractivity contribution in [3.05, 3.63) is 59.7 Å². The van der Waals surface area contributed by atoms with Gasteiger partial charge in [-0.15, -0.1) is 0 Å². The molecule has 2 aromatic carbocycles. The van der Waals surface area contributed by atoms with Crippen LogP contribution in [0.5, 0.6) is 0 Å². The van der Waals surface area contributed by atoms with E-state index in [1.54, 1.807) is 30.3 Å². The van der Waals surface area contributed by atoms with Gasteiger partial charge in [-0.25, -0.2) is 4.79 Å². The number of ether oxygens (including phenoxy) is 1. The molecule has 2 saturated heterocycles. The first kappa shape index (κ1) is 18.9. The molecule has 2 aromatic rings. The smallest absolute Gasteiger partial charge is 0.324 e. The maximum Gasteiger partial charge on any atom is 0.324 e. The third-order valence-electron chi connectivity index (χ3n) is 4.97. The Labute approximate surface area is 168 Å². The van der Waals surface area contributed by atoms with Gasteiger partial charge in [0.2, 0.25) is 5.91 Å². The minimum atomic E-state index is -0.398. The highest BCUT2D eigenvalue weighted by Gasteiger charge is 2.28. The van der Waals surface area contributed by atoms with Crippen LogP contribution in [0.3, 0.4) is 0 Å². The van der Waals surface area contributed by atoms with Crippen LogP contribution in [0.1, 0.15) is 15.9 Å². The second-order valence-electron chi connectivity index (χ2n) is 6.94. The monoisotopic (exact) mass is 394 g/mol. The molecule has 0 spiro atoms. The zero-order chi connectivity index (χ0) is 20.2. The molecule has 0 saturated carbocycles. The van der Waals surface area contributed by atoms with Crippen molar-refractivity contribution in [2.24, 2.45) is 0 Å². The maximum atomic E-state index is 12.6. The quantitative estimate of drug-likeness (QED) is 0.755. The van der Waals surface area contributed by atoms with E-state index >= 15 is 0 Å². The first-order valence-corrected chi connectivity index (χ1v) is 9.51. The Bertz CT molecular complexity index is 907. The van der Waals surface area contributed by atoms with E-state index in [-0.39, 0.29) is 24.9 Å². The van der Waals surface area contributed by atoms with Crippen molar-refractivity contribution in [2.45, 2.75) is 6.54 Å². The van der Waals surface area contributed by atoms with Gasteiger partial charge in [-0.05, 0) is 42.0 Å². The molecule has 8 heteroatoms. The summed E-state index contributed by atoms with van der Waals surface area (Å²) in [5, 5.41) is 5.36. The molecule has 4 amide bonds. The van der Waals surface area contributed by atoms with Crippen molar-refractivity contribution < 1.29 is 19.1 Å². The van der Waals surface area contributed by atoms with Crippen molar-refractivity contribution in [2.75, 3.05) is 43.1 Å². The van der Waals surface area contributed by atoms with Crippen LogP contribution in [-0.2, 0) is 16.1 Å². The summed E-state index contributed by atoms with van der Waals surface area (Å²) in [6.07, 6.45) is 0. The molecule has 150 valence electrons. The van der Waals surface area contributed by atoms with E-state index in [9.17, 15) is 14.4 Å². The molecule has 0 aliphatic carbocycles. The zero-order valence-electron chi connectivity index (χ0n) is 15.9. The Morgan fingerprint density at radius 1 is 1.07 bits per heavy atom. The van der Waals surface area contributed by atoms with Gasteiger partial charge in [0, 0.05) is 30.0 Å². The standard InChI is InChI=1S/C21H22N4O4/c26-19-13-22-21(28)25(19)14-15-2-1-3-17(12-15)23-20(27)16-4-6-18(7-5-16)24-8-10-29-11-9-24/h1-7,12H,8-11,13-14H2,(H,22,28)(H,23,27). The fourth-order valence-corrected chi connectivity index (χ4v) is 3.39. The van der Waals surface area contributed by atoms with E-state index < -0.39 is 6.03 Å². The lowest BCUT2D eigenvalue weighted by Gasteiger charge is -2.28. The van der Waals surface area contributed by atoms with Crippen LogP contribution in [0.15, 0.2) is 48.5 Å². The van der Waals surface area contributed by atoms with Crippen LogP contribution in [0, 0.1) is 0 Å². The van der Waals surface area contributed by atoms with Crippen molar-refractivity contribution in [3.8, 4) is 0 Å². The molecule has 2 aliphatic heterocycles. The predicted molar refractivity (Wildman–Crippen MR) is 108 cm³/mol. The Balaban J connectivity index is 1.40. The number of morpholine rings is 1. The number of amides is 4. The van der Waals surface area contributed by atoms with Crippen LogP contribution in [0.2, 0.25) is 0 Å². The van der Waals surface area contributed by atoms with Gasteiger partial charge >= 0.3 is 6.03 Å². The second kappa shape index (κ2) is 8.32. The van der Waals surface area contributed by atoms with E-state index in [1.165, 1.54) is 0 Å². The largest absolute Gasteiger partial charge is 0.378 e. The van der Waals surface area contributed by atoms with Crippen LogP contribution in [0.25, 0.3) is 0 Å². The summed E-state index contributed by atoms with van der Waals surface area (Å²) >= 11 is 0. The van der Waals surface area contributed by atoms with Crippen LogP contribution >= 0.6 is 0 Å². The highest BCUT2D eigenvalue weighted by Crippen LogP contribution is 2.19. The average molecular weight is 394 g/mol. The fourth-order valence-electron chi connectivity index (χ4n) is 3.39. The van der Waals surface area contributed by atoms with Crippen molar-refractivity contribution in [3.63, 3.8) is 0 Å². The molecule has 2 N–H and O–H groups in total. The molecular formula is C21H22N4O4. The van der Waals surface area contributed by atoms with Gasteiger partial charge in [0.1, 0.15) is 0 Å². The number of hydrogen-bond donors (Lipinski definition) is 2. The first-order valence-electron chi connectivity index (χ1n) is 9.51. The number of anilines is 2. The number of rotatable bonds is 5. The van der Waals surface area contributed by atoms with Crippen LogP contribution in [0.4, 0.5) is 16.2 Å².